The Balaban J connectivity index is 1.60. The van der Waals surface area contributed by atoms with Crippen LogP contribution in [0.4, 0.5) is 0 Å². The van der Waals surface area contributed by atoms with Gasteiger partial charge in [-0.05, 0) is 54.0 Å². The van der Waals surface area contributed by atoms with Crippen molar-refractivity contribution in [2.24, 2.45) is 0 Å². The summed E-state index contributed by atoms with van der Waals surface area (Å²) in [6.45, 7) is 11.8. The lowest BCUT2D eigenvalue weighted by atomic mass is 10.1. The first-order valence-corrected chi connectivity index (χ1v) is 8.74. The second-order valence-corrected chi connectivity index (χ2v) is 6.85. The smallest absolute Gasteiger partial charge is 0.136 e. The molecule has 0 saturated carbocycles. The Morgan fingerprint density at radius 3 is 2.45 bits per heavy atom. The second-order valence-electron chi connectivity index (χ2n) is 6.00. The molecule has 1 saturated heterocycles. The molecule has 0 aromatic heterocycles. The summed E-state index contributed by atoms with van der Waals surface area (Å²) in [7, 11) is 2.18. The first-order chi connectivity index (χ1) is 10.6. The normalized spacial score (nSPS) is 16.9. The quantitative estimate of drug-likeness (QED) is 0.689. The Labute approximate surface area is 142 Å². The summed E-state index contributed by atoms with van der Waals surface area (Å²) in [6, 6.07) is 4.21. The van der Waals surface area contributed by atoms with Gasteiger partial charge in [-0.25, -0.2) is 0 Å². The first-order valence-electron chi connectivity index (χ1n) is 7.94. The number of benzene rings is 1. The van der Waals surface area contributed by atoms with E-state index in [1.54, 1.807) is 0 Å². The van der Waals surface area contributed by atoms with Crippen molar-refractivity contribution in [2.75, 3.05) is 59.6 Å². The Morgan fingerprint density at radius 1 is 1.05 bits per heavy atom. The van der Waals surface area contributed by atoms with Crippen LogP contribution in [0.3, 0.4) is 0 Å². The maximum Gasteiger partial charge on any atom is 0.136 e. The molecule has 0 radical (unpaired) electrons. The number of piperazine rings is 1. The van der Waals surface area contributed by atoms with Gasteiger partial charge in [-0.15, -0.1) is 0 Å². The van der Waals surface area contributed by atoms with Crippen LogP contribution in [0.5, 0.6) is 5.75 Å². The Morgan fingerprint density at radius 2 is 1.77 bits per heavy atom. The molecular formula is C17H27BrN2O2. The third-order valence-electron chi connectivity index (χ3n) is 4.00. The third-order valence-corrected chi connectivity index (χ3v) is 4.58. The zero-order valence-corrected chi connectivity index (χ0v) is 15.5. The van der Waals surface area contributed by atoms with Crippen LogP contribution in [0.1, 0.15) is 11.1 Å². The van der Waals surface area contributed by atoms with Crippen molar-refractivity contribution >= 4 is 15.9 Å². The van der Waals surface area contributed by atoms with Gasteiger partial charge in [-0.1, -0.05) is 6.07 Å². The minimum absolute atomic E-state index is 0.589. The fraction of sp³-hybridized carbons (Fsp3) is 0.647. The number of nitrogens with zero attached hydrogens (tertiary/aromatic N) is 2. The highest BCUT2D eigenvalue weighted by Crippen LogP contribution is 2.30. The molecule has 0 atom stereocenters. The van der Waals surface area contributed by atoms with E-state index in [0.717, 1.165) is 55.1 Å². The highest BCUT2D eigenvalue weighted by atomic mass is 79.9. The topological polar surface area (TPSA) is 24.9 Å². The SMILES string of the molecule is Cc1cc(C)c(OCCOCCN2CCN(C)CC2)c(Br)c1. The lowest BCUT2D eigenvalue weighted by Crippen LogP contribution is -2.45. The Bertz CT molecular complexity index is 451. The molecule has 0 bridgehead atoms. The summed E-state index contributed by atoms with van der Waals surface area (Å²) < 4.78 is 12.5. The van der Waals surface area contributed by atoms with Crippen molar-refractivity contribution in [1.29, 1.82) is 0 Å². The Hall–Kier alpha value is -0.620. The number of ether oxygens (including phenoxy) is 2. The van der Waals surface area contributed by atoms with E-state index in [4.69, 9.17) is 9.47 Å². The molecule has 0 N–H and O–H groups in total. The Kier molecular flexibility index (Phi) is 7.15. The minimum Gasteiger partial charge on any atom is -0.490 e. The molecule has 0 spiro atoms. The standard InChI is InChI=1S/C17H27BrN2O2/c1-14-12-15(2)17(16(18)13-14)22-11-10-21-9-8-20-6-4-19(3)5-7-20/h12-13H,4-11H2,1-3H3. The second kappa shape index (κ2) is 8.87. The fourth-order valence-corrected chi connectivity index (χ4v) is 3.44. The molecule has 124 valence electrons. The van der Waals surface area contributed by atoms with Crippen LogP contribution in [0, 0.1) is 13.8 Å². The van der Waals surface area contributed by atoms with Gasteiger partial charge in [0.2, 0.25) is 0 Å². The van der Waals surface area contributed by atoms with Crippen LogP contribution in [0.15, 0.2) is 16.6 Å². The monoisotopic (exact) mass is 370 g/mol. The predicted molar refractivity (Wildman–Crippen MR) is 93.9 cm³/mol. The van der Waals surface area contributed by atoms with E-state index < -0.39 is 0 Å². The number of aryl methyl sites for hydroxylation is 2. The first kappa shape index (κ1) is 17.7. The van der Waals surface area contributed by atoms with Crippen molar-refractivity contribution in [3.63, 3.8) is 0 Å². The predicted octanol–water partition coefficient (Wildman–Crippen LogP) is 2.71. The number of hydrogen-bond donors (Lipinski definition) is 0. The highest BCUT2D eigenvalue weighted by Gasteiger charge is 2.12. The number of hydrogen-bond acceptors (Lipinski definition) is 4. The van der Waals surface area contributed by atoms with Crippen molar-refractivity contribution < 1.29 is 9.47 Å². The summed E-state index contributed by atoms with van der Waals surface area (Å²) in [5, 5.41) is 0. The van der Waals surface area contributed by atoms with E-state index in [0.29, 0.717) is 13.2 Å². The molecule has 0 aliphatic carbocycles. The summed E-state index contributed by atoms with van der Waals surface area (Å²) in [6.07, 6.45) is 0. The van der Waals surface area contributed by atoms with Crippen molar-refractivity contribution in [3.8, 4) is 5.75 Å². The van der Waals surface area contributed by atoms with Crippen LogP contribution in [-0.4, -0.2) is 69.4 Å². The molecule has 2 rings (SSSR count). The lowest BCUT2D eigenvalue weighted by molar-refractivity contribution is 0.0655. The molecule has 1 fully saturated rings. The minimum atomic E-state index is 0.589. The highest BCUT2D eigenvalue weighted by molar-refractivity contribution is 9.10. The van der Waals surface area contributed by atoms with Gasteiger partial charge in [0.15, 0.2) is 0 Å². The van der Waals surface area contributed by atoms with Gasteiger partial charge in [0.1, 0.15) is 12.4 Å². The van der Waals surface area contributed by atoms with Gasteiger partial charge in [-0.2, -0.15) is 0 Å². The molecule has 1 aliphatic rings. The maximum atomic E-state index is 5.84. The molecule has 22 heavy (non-hydrogen) atoms. The largest absolute Gasteiger partial charge is 0.490 e. The van der Waals surface area contributed by atoms with Gasteiger partial charge >= 0.3 is 0 Å². The number of likely N-dealkylation sites (N-methyl/N-ethyl adjacent to an activating group) is 1. The summed E-state index contributed by atoms with van der Waals surface area (Å²) >= 11 is 3.56. The molecule has 1 heterocycles. The van der Waals surface area contributed by atoms with Gasteiger partial charge in [0.05, 0.1) is 17.7 Å². The average molecular weight is 371 g/mol. The summed E-state index contributed by atoms with van der Waals surface area (Å²) in [5.41, 5.74) is 2.39. The van der Waals surface area contributed by atoms with Crippen molar-refractivity contribution in [2.45, 2.75) is 13.8 Å². The van der Waals surface area contributed by atoms with E-state index in [2.05, 4.69) is 58.8 Å². The third kappa shape index (κ3) is 5.54. The number of rotatable bonds is 7. The molecule has 5 heteroatoms. The molecule has 1 aliphatic heterocycles. The van der Waals surface area contributed by atoms with Crippen LogP contribution in [0.25, 0.3) is 0 Å². The van der Waals surface area contributed by atoms with Crippen molar-refractivity contribution in [3.05, 3.63) is 27.7 Å². The van der Waals surface area contributed by atoms with Gasteiger partial charge in [0, 0.05) is 32.7 Å². The molecule has 4 nitrogen and oxygen atoms in total. The lowest BCUT2D eigenvalue weighted by Gasteiger charge is -2.32. The zero-order chi connectivity index (χ0) is 15.9. The maximum absolute atomic E-state index is 5.84. The van der Waals surface area contributed by atoms with Gasteiger partial charge in [0.25, 0.3) is 0 Å². The fourth-order valence-electron chi connectivity index (χ4n) is 2.66. The van der Waals surface area contributed by atoms with Gasteiger partial charge in [-0.3, -0.25) is 4.90 Å². The van der Waals surface area contributed by atoms with Crippen molar-refractivity contribution in [1.82, 2.24) is 9.80 Å². The molecule has 0 unspecified atom stereocenters. The van der Waals surface area contributed by atoms with E-state index in [1.807, 2.05) is 0 Å². The molecular weight excluding hydrogens is 344 g/mol. The van der Waals surface area contributed by atoms with Crippen LogP contribution in [0.2, 0.25) is 0 Å². The molecule has 1 aromatic rings. The zero-order valence-electron chi connectivity index (χ0n) is 13.9. The van der Waals surface area contributed by atoms with E-state index in [9.17, 15) is 0 Å². The van der Waals surface area contributed by atoms with Crippen LogP contribution >= 0.6 is 15.9 Å². The summed E-state index contributed by atoms with van der Waals surface area (Å²) in [5.74, 6) is 0.924. The number of halogens is 1. The van der Waals surface area contributed by atoms with E-state index in [1.165, 1.54) is 5.56 Å². The summed E-state index contributed by atoms with van der Waals surface area (Å²) in [4.78, 5) is 4.83. The molecule has 0 amide bonds. The van der Waals surface area contributed by atoms with Crippen LogP contribution in [-0.2, 0) is 4.74 Å². The average Bonchev–Trinajstić information content (AvgIpc) is 2.46. The van der Waals surface area contributed by atoms with E-state index in [-0.39, 0.29) is 0 Å². The van der Waals surface area contributed by atoms with Gasteiger partial charge < -0.3 is 14.4 Å². The molecule has 1 aromatic carbocycles. The van der Waals surface area contributed by atoms with Crippen LogP contribution < -0.4 is 4.74 Å². The van der Waals surface area contributed by atoms with E-state index >= 15 is 0 Å².